The average Bonchev–Trinajstić information content (AvgIpc) is 2.79. The third-order valence-corrected chi connectivity index (χ3v) is 6.78. The van der Waals surface area contributed by atoms with Crippen LogP contribution < -0.4 is 9.47 Å². The van der Waals surface area contributed by atoms with Crippen LogP contribution in [0.4, 0.5) is 0 Å². The van der Waals surface area contributed by atoms with Crippen LogP contribution in [0, 0.1) is 0 Å². The lowest BCUT2D eigenvalue weighted by Gasteiger charge is -2.61. The van der Waals surface area contributed by atoms with Crippen LogP contribution in [0.25, 0.3) is 0 Å². The highest BCUT2D eigenvalue weighted by atomic mass is 16.5. The molecule has 8 nitrogen and oxygen atoms in total. The quantitative estimate of drug-likeness (QED) is 0.678. The first kappa shape index (κ1) is 20.9. The zero-order valence-corrected chi connectivity index (χ0v) is 17.9. The summed E-state index contributed by atoms with van der Waals surface area (Å²) in [4.78, 5) is 29.8. The molecule has 8 heteroatoms. The van der Waals surface area contributed by atoms with E-state index in [1.54, 1.807) is 39.5 Å². The molecule has 0 saturated carbocycles. The van der Waals surface area contributed by atoms with Crippen molar-refractivity contribution in [2.24, 2.45) is 0 Å². The molecule has 3 aliphatic heterocycles. The molecule has 3 saturated heterocycles. The lowest BCUT2D eigenvalue weighted by molar-refractivity contribution is -0.213. The Labute approximate surface area is 177 Å². The molecule has 1 unspecified atom stereocenters. The summed E-state index contributed by atoms with van der Waals surface area (Å²) >= 11 is 0. The van der Waals surface area contributed by atoms with Crippen LogP contribution in [0.5, 0.6) is 11.5 Å². The van der Waals surface area contributed by atoms with E-state index in [-0.39, 0.29) is 29.5 Å². The smallest absolute Gasteiger partial charge is 0.257 e. The Balaban J connectivity index is 1.44. The fourth-order valence-corrected chi connectivity index (χ4v) is 5.20. The molecule has 2 amide bonds. The number of likely N-dealkylation sites (tertiary alicyclic amines) is 2. The van der Waals surface area contributed by atoms with Crippen molar-refractivity contribution in [3.63, 3.8) is 0 Å². The third-order valence-electron chi connectivity index (χ3n) is 6.78. The molecule has 0 aliphatic carbocycles. The van der Waals surface area contributed by atoms with Crippen LogP contribution >= 0.6 is 0 Å². The molecule has 0 radical (unpaired) electrons. The number of benzene rings is 1. The monoisotopic (exact) mass is 418 g/mol. The number of hydrogen-bond acceptors (Lipinski definition) is 6. The second kappa shape index (κ2) is 8.43. The highest BCUT2D eigenvalue weighted by Gasteiger charge is 2.62. The van der Waals surface area contributed by atoms with Gasteiger partial charge in [-0.1, -0.05) is 0 Å². The largest absolute Gasteiger partial charge is 0.497 e. The molecular formula is C22H30N2O6. The van der Waals surface area contributed by atoms with Crippen molar-refractivity contribution in [3.05, 3.63) is 23.8 Å². The van der Waals surface area contributed by atoms with Gasteiger partial charge < -0.3 is 28.7 Å². The fraction of sp³-hybridized carbons (Fsp3) is 0.636. The highest BCUT2D eigenvalue weighted by molar-refractivity contribution is 5.97. The number of ether oxygens (including phenoxy) is 4. The zero-order valence-electron chi connectivity index (χ0n) is 17.9. The zero-order chi connectivity index (χ0) is 21.3. The van der Waals surface area contributed by atoms with E-state index in [0.717, 1.165) is 25.7 Å². The third kappa shape index (κ3) is 3.32. The van der Waals surface area contributed by atoms with E-state index < -0.39 is 0 Å². The first-order chi connectivity index (χ1) is 14.6. The van der Waals surface area contributed by atoms with E-state index in [9.17, 15) is 9.59 Å². The van der Waals surface area contributed by atoms with Gasteiger partial charge in [0.05, 0.1) is 25.3 Å². The molecule has 30 heavy (non-hydrogen) atoms. The van der Waals surface area contributed by atoms with Crippen LogP contribution in [-0.4, -0.2) is 86.9 Å². The van der Waals surface area contributed by atoms with Crippen LogP contribution in [-0.2, 0) is 14.3 Å². The maximum absolute atomic E-state index is 13.1. The van der Waals surface area contributed by atoms with E-state index in [4.69, 9.17) is 18.9 Å². The molecule has 3 aliphatic rings. The maximum Gasteiger partial charge on any atom is 0.257 e. The Morgan fingerprint density at radius 3 is 2.40 bits per heavy atom. The summed E-state index contributed by atoms with van der Waals surface area (Å²) in [7, 11) is 4.74. The number of β-lactam (4-membered cyclic amide) rings is 1. The summed E-state index contributed by atoms with van der Waals surface area (Å²) in [5.74, 6) is 1.16. The lowest BCUT2D eigenvalue weighted by Crippen LogP contribution is -2.79. The van der Waals surface area contributed by atoms with Crippen LogP contribution in [0.3, 0.4) is 0 Å². The molecular weight excluding hydrogens is 388 g/mol. The molecule has 164 valence electrons. The number of hydrogen-bond donors (Lipinski definition) is 0. The van der Waals surface area contributed by atoms with Gasteiger partial charge in [-0.05, 0) is 37.8 Å². The van der Waals surface area contributed by atoms with Gasteiger partial charge in [0.15, 0.2) is 6.10 Å². The van der Waals surface area contributed by atoms with Crippen molar-refractivity contribution in [1.29, 1.82) is 0 Å². The van der Waals surface area contributed by atoms with E-state index in [1.807, 2.05) is 9.80 Å². The normalized spacial score (nSPS) is 24.0. The van der Waals surface area contributed by atoms with E-state index in [1.165, 1.54) is 0 Å². The molecule has 3 fully saturated rings. The van der Waals surface area contributed by atoms with E-state index in [0.29, 0.717) is 43.4 Å². The predicted octanol–water partition coefficient (Wildman–Crippen LogP) is 1.71. The minimum atomic E-state index is -0.371. The summed E-state index contributed by atoms with van der Waals surface area (Å²) in [5.41, 5.74) is 0.275. The fourth-order valence-electron chi connectivity index (χ4n) is 5.20. The topological polar surface area (TPSA) is 77.5 Å². The molecule has 0 bridgehead atoms. The summed E-state index contributed by atoms with van der Waals surface area (Å²) in [6.45, 7) is 2.51. The number of amides is 2. The summed E-state index contributed by atoms with van der Waals surface area (Å²) in [6, 6.07) is 5.36. The van der Waals surface area contributed by atoms with Crippen LogP contribution in [0.1, 0.15) is 36.0 Å². The number of methoxy groups -OCH3 is 3. The summed E-state index contributed by atoms with van der Waals surface area (Å²) in [5, 5.41) is 0. The number of carbonyl (C=O) groups is 2. The van der Waals surface area contributed by atoms with Crippen molar-refractivity contribution < 1.29 is 28.5 Å². The Morgan fingerprint density at radius 2 is 1.80 bits per heavy atom. The average molecular weight is 418 g/mol. The van der Waals surface area contributed by atoms with Crippen LogP contribution in [0.2, 0.25) is 0 Å². The van der Waals surface area contributed by atoms with Crippen molar-refractivity contribution in [1.82, 2.24) is 9.80 Å². The molecule has 0 aromatic heterocycles. The molecule has 4 rings (SSSR count). The Kier molecular flexibility index (Phi) is 5.88. The summed E-state index contributed by atoms with van der Waals surface area (Å²) in [6.07, 6.45) is 2.76. The van der Waals surface area contributed by atoms with E-state index in [2.05, 4.69) is 0 Å². The Bertz CT molecular complexity index is 799. The molecule has 1 spiro atoms. The van der Waals surface area contributed by atoms with E-state index >= 15 is 0 Å². The van der Waals surface area contributed by atoms with Crippen LogP contribution in [0.15, 0.2) is 18.2 Å². The van der Waals surface area contributed by atoms with Gasteiger partial charge >= 0.3 is 0 Å². The summed E-state index contributed by atoms with van der Waals surface area (Å²) < 4.78 is 21.7. The molecule has 3 heterocycles. The lowest BCUT2D eigenvalue weighted by atomic mass is 9.72. The maximum atomic E-state index is 13.1. The standard InChI is InChI=1S/C22H30N2O6/c1-27-16-4-5-17(18(14-16)28-2)20(25)23-10-6-15(7-11-23)24-21(26)19(29-3)22(24)8-12-30-13-9-22/h4-5,14-15,19H,6-13H2,1-3H3. The van der Waals surface area contributed by atoms with Crippen molar-refractivity contribution in [2.75, 3.05) is 47.6 Å². The SMILES string of the molecule is COc1ccc(C(=O)N2CCC(N3C(=O)C(OC)C34CCOCC4)CC2)c(OC)c1. The van der Waals surface area contributed by atoms with Crippen molar-refractivity contribution in [2.45, 2.75) is 43.4 Å². The van der Waals surface area contributed by atoms with Gasteiger partial charge in [0, 0.05) is 45.5 Å². The van der Waals surface area contributed by atoms with Gasteiger partial charge in [-0.3, -0.25) is 9.59 Å². The molecule has 0 N–H and O–H groups in total. The minimum absolute atomic E-state index is 0.0570. The Hall–Kier alpha value is -2.32. The highest BCUT2D eigenvalue weighted by Crippen LogP contribution is 2.45. The van der Waals surface area contributed by atoms with Gasteiger partial charge in [0.2, 0.25) is 0 Å². The van der Waals surface area contributed by atoms with Gasteiger partial charge in [0.25, 0.3) is 11.8 Å². The number of rotatable bonds is 5. The second-order valence-corrected chi connectivity index (χ2v) is 8.13. The predicted molar refractivity (Wildman–Crippen MR) is 109 cm³/mol. The van der Waals surface area contributed by atoms with Crippen molar-refractivity contribution in [3.8, 4) is 11.5 Å². The van der Waals surface area contributed by atoms with Gasteiger partial charge in [-0.2, -0.15) is 0 Å². The van der Waals surface area contributed by atoms with Crippen molar-refractivity contribution >= 4 is 11.8 Å². The number of nitrogens with zero attached hydrogens (tertiary/aromatic N) is 2. The second-order valence-electron chi connectivity index (χ2n) is 8.13. The molecule has 1 aromatic carbocycles. The van der Waals surface area contributed by atoms with Gasteiger partial charge in [-0.25, -0.2) is 0 Å². The first-order valence-electron chi connectivity index (χ1n) is 10.5. The minimum Gasteiger partial charge on any atom is -0.497 e. The first-order valence-corrected chi connectivity index (χ1v) is 10.5. The number of carbonyl (C=O) groups excluding carboxylic acids is 2. The van der Waals surface area contributed by atoms with Gasteiger partial charge in [-0.15, -0.1) is 0 Å². The molecule has 1 atom stereocenters. The number of piperidine rings is 1. The Morgan fingerprint density at radius 1 is 1.10 bits per heavy atom. The molecule has 1 aromatic rings. The van der Waals surface area contributed by atoms with Gasteiger partial charge in [0.1, 0.15) is 11.5 Å².